The smallest absolute Gasteiger partial charge is 0.251 e. The zero-order valence-electron chi connectivity index (χ0n) is 15.3. The summed E-state index contributed by atoms with van der Waals surface area (Å²) >= 11 is 9.49. The number of benzene rings is 2. The molecule has 1 saturated carbocycles. The molecule has 3 aromatic rings. The molecule has 1 amide bonds. The van der Waals surface area contributed by atoms with Crippen LogP contribution in [0.3, 0.4) is 0 Å². The second-order valence-corrected chi connectivity index (χ2v) is 8.55. The van der Waals surface area contributed by atoms with Crippen LogP contribution in [-0.4, -0.2) is 23.0 Å². The topological polar surface area (TPSA) is 54.0 Å². The standard InChI is InChI=1S/C22H21BrClN3O/c23-15-3-1-2-14(12-15)22(28)27-18-7-5-17(6-8-18)26-20-10-11-25-21-13-16(24)4-9-19(20)21/h1-4,9-13,17-18H,5-8H2,(H,25,26)(H,27,28)/t17-,18+. The number of carbonyl (C=O) groups is 1. The van der Waals surface area contributed by atoms with Gasteiger partial charge in [0.15, 0.2) is 0 Å². The lowest BCUT2D eigenvalue weighted by molar-refractivity contribution is 0.0926. The van der Waals surface area contributed by atoms with Gasteiger partial charge in [-0.2, -0.15) is 0 Å². The zero-order chi connectivity index (χ0) is 19.5. The molecule has 144 valence electrons. The summed E-state index contributed by atoms with van der Waals surface area (Å²) in [6.45, 7) is 0. The number of pyridine rings is 1. The molecule has 6 heteroatoms. The molecule has 2 N–H and O–H groups in total. The Labute approximate surface area is 177 Å². The van der Waals surface area contributed by atoms with Crippen molar-refractivity contribution in [2.75, 3.05) is 5.32 Å². The van der Waals surface area contributed by atoms with E-state index >= 15 is 0 Å². The summed E-state index contributed by atoms with van der Waals surface area (Å²) in [6, 6.07) is 15.9. The average molecular weight is 459 g/mol. The first-order valence-electron chi connectivity index (χ1n) is 9.46. The predicted octanol–water partition coefficient (Wildman–Crippen LogP) is 5.80. The molecule has 28 heavy (non-hydrogen) atoms. The first-order valence-corrected chi connectivity index (χ1v) is 10.6. The van der Waals surface area contributed by atoms with E-state index in [0.717, 1.165) is 46.7 Å². The van der Waals surface area contributed by atoms with E-state index in [4.69, 9.17) is 11.6 Å². The maximum absolute atomic E-state index is 12.4. The molecule has 4 rings (SSSR count). The van der Waals surface area contributed by atoms with Crippen molar-refractivity contribution >= 4 is 50.0 Å². The van der Waals surface area contributed by atoms with Gasteiger partial charge >= 0.3 is 0 Å². The van der Waals surface area contributed by atoms with Crippen LogP contribution in [0.2, 0.25) is 5.02 Å². The number of carbonyl (C=O) groups excluding carboxylic acids is 1. The Kier molecular flexibility index (Phi) is 5.83. The minimum Gasteiger partial charge on any atom is -0.382 e. The number of rotatable bonds is 4. The zero-order valence-corrected chi connectivity index (χ0v) is 17.6. The van der Waals surface area contributed by atoms with E-state index in [-0.39, 0.29) is 11.9 Å². The molecule has 0 bridgehead atoms. The molecule has 4 nitrogen and oxygen atoms in total. The van der Waals surface area contributed by atoms with E-state index < -0.39 is 0 Å². The van der Waals surface area contributed by atoms with E-state index in [1.165, 1.54) is 0 Å². The van der Waals surface area contributed by atoms with Crippen LogP contribution in [0, 0.1) is 0 Å². The molecule has 1 aliphatic rings. The van der Waals surface area contributed by atoms with Gasteiger partial charge in [-0.25, -0.2) is 0 Å². The second-order valence-electron chi connectivity index (χ2n) is 7.20. The molecule has 0 spiro atoms. The van der Waals surface area contributed by atoms with Gasteiger partial charge in [0.1, 0.15) is 0 Å². The van der Waals surface area contributed by atoms with Gasteiger partial charge in [0, 0.05) is 44.4 Å². The van der Waals surface area contributed by atoms with E-state index in [9.17, 15) is 4.79 Å². The van der Waals surface area contributed by atoms with Crippen LogP contribution in [-0.2, 0) is 0 Å². The Balaban J connectivity index is 1.35. The number of amides is 1. The molecule has 1 heterocycles. The number of hydrogen-bond acceptors (Lipinski definition) is 3. The van der Waals surface area contributed by atoms with Crippen molar-refractivity contribution in [3.63, 3.8) is 0 Å². The first-order chi connectivity index (χ1) is 13.6. The highest BCUT2D eigenvalue weighted by Crippen LogP contribution is 2.28. The molecule has 0 saturated heterocycles. The van der Waals surface area contributed by atoms with E-state index in [2.05, 4.69) is 31.5 Å². The number of hydrogen-bond donors (Lipinski definition) is 2. The predicted molar refractivity (Wildman–Crippen MR) is 118 cm³/mol. The highest BCUT2D eigenvalue weighted by molar-refractivity contribution is 9.10. The van der Waals surface area contributed by atoms with Crippen LogP contribution in [0.25, 0.3) is 10.9 Å². The third kappa shape index (κ3) is 4.47. The van der Waals surface area contributed by atoms with Gasteiger partial charge < -0.3 is 10.6 Å². The van der Waals surface area contributed by atoms with Crippen molar-refractivity contribution in [1.29, 1.82) is 0 Å². The fourth-order valence-corrected chi connectivity index (χ4v) is 4.31. The molecular formula is C22H21BrClN3O. The molecule has 2 aromatic carbocycles. The van der Waals surface area contributed by atoms with Crippen molar-refractivity contribution in [3.8, 4) is 0 Å². The Morgan fingerprint density at radius 1 is 1.04 bits per heavy atom. The number of nitrogens with zero attached hydrogens (tertiary/aromatic N) is 1. The van der Waals surface area contributed by atoms with Crippen LogP contribution in [0.5, 0.6) is 0 Å². The number of anilines is 1. The van der Waals surface area contributed by atoms with Gasteiger partial charge in [-0.1, -0.05) is 33.6 Å². The van der Waals surface area contributed by atoms with E-state index in [1.54, 1.807) is 0 Å². The number of nitrogens with one attached hydrogen (secondary N) is 2. The van der Waals surface area contributed by atoms with Gasteiger partial charge in [0.25, 0.3) is 5.91 Å². The largest absolute Gasteiger partial charge is 0.382 e. The van der Waals surface area contributed by atoms with Crippen molar-refractivity contribution in [1.82, 2.24) is 10.3 Å². The molecule has 1 aromatic heterocycles. The van der Waals surface area contributed by atoms with Crippen LogP contribution in [0.4, 0.5) is 5.69 Å². The fourth-order valence-electron chi connectivity index (χ4n) is 3.75. The van der Waals surface area contributed by atoms with E-state index in [1.807, 2.05) is 54.7 Å². The maximum atomic E-state index is 12.4. The summed E-state index contributed by atoms with van der Waals surface area (Å²) in [6.07, 6.45) is 5.77. The molecule has 0 atom stereocenters. The van der Waals surface area contributed by atoms with Crippen LogP contribution < -0.4 is 10.6 Å². The number of aromatic nitrogens is 1. The molecular weight excluding hydrogens is 438 g/mol. The third-order valence-electron chi connectivity index (χ3n) is 5.21. The molecule has 1 aliphatic carbocycles. The minimum atomic E-state index is -0.00489. The summed E-state index contributed by atoms with van der Waals surface area (Å²) < 4.78 is 0.916. The molecule has 0 unspecified atom stereocenters. The minimum absolute atomic E-state index is 0.00489. The van der Waals surface area contributed by atoms with Crippen LogP contribution >= 0.6 is 27.5 Å². The van der Waals surface area contributed by atoms with Crippen LogP contribution in [0.15, 0.2) is 59.2 Å². The summed E-state index contributed by atoms with van der Waals surface area (Å²) in [5, 5.41) is 8.60. The SMILES string of the molecule is O=C(N[C@H]1CC[C@@H](Nc2ccnc3cc(Cl)ccc23)CC1)c1cccc(Br)c1. The summed E-state index contributed by atoms with van der Waals surface area (Å²) in [5.74, 6) is -0.00489. The molecule has 1 fully saturated rings. The Bertz CT molecular complexity index is 1000. The quantitative estimate of drug-likeness (QED) is 0.519. The van der Waals surface area contributed by atoms with Gasteiger partial charge in [0.2, 0.25) is 0 Å². The Morgan fingerprint density at radius 2 is 1.82 bits per heavy atom. The average Bonchev–Trinajstić information content (AvgIpc) is 2.69. The lowest BCUT2D eigenvalue weighted by Gasteiger charge is -2.30. The number of halogens is 2. The lowest BCUT2D eigenvalue weighted by atomic mass is 9.90. The lowest BCUT2D eigenvalue weighted by Crippen LogP contribution is -2.40. The van der Waals surface area contributed by atoms with Gasteiger partial charge in [-0.3, -0.25) is 9.78 Å². The van der Waals surface area contributed by atoms with Crippen molar-refractivity contribution < 1.29 is 4.79 Å². The maximum Gasteiger partial charge on any atom is 0.251 e. The van der Waals surface area contributed by atoms with Gasteiger partial charge in [-0.05, 0) is 68.1 Å². The van der Waals surface area contributed by atoms with Gasteiger partial charge in [-0.15, -0.1) is 0 Å². The Morgan fingerprint density at radius 3 is 2.61 bits per heavy atom. The third-order valence-corrected chi connectivity index (χ3v) is 5.94. The highest BCUT2D eigenvalue weighted by atomic mass is 79.9. The molecule has 0 radical (unpaired) electrons. The van der Waals surface area contributed by atoms with Crippen molar-refractivity contribution in [3.05, 3.63) is 69.8 Å². The highest BCUT2D eigenvalue weighted by Gasteiger charge is 2.23. The monoisotopic (exact) mass is 457 g/mol. The van der Waals surface area contributed by atoms with Crippen molar-refractivity contribution in [2.24, 2.45) is 0 Å². The summed E-state index contributed by atoms with van der Waals surface area (Å²) in [4.78, 5) is 16.8. The summed E-state index contributed by atoms with van der Waals surface area (Å²) in [7, 11) is 0. The second kappa shape index (κ2) is 8.50. The van der Waals surface area contributed by atoms with Gasteiger partial charge in [0.05, 0.1) is 5.52 Å². The first kappa shape index (κ1) is 19.2. The van der Waals surface area contributed by atoms with Crippen molar-refractivity contribution in [2.45, 2.75) is 37.8 Å². The van der Waals surface area contributed by atoms with E-state index in [0.29, 0.717) is 16.6 Å². The fraction of sp³-hybridized carbons (Fsp3) is 0.273. The number of fused-ring (bicyclic) bond motifs is 1. The Hall–Kier alpha value is -2.11. The molecule has 0 aliphatic heterocycles. The summed E-state index contributed by atoms with van der Waals surface area (Å²) in [5.41, 5.74) is 2.67. The van der Waals surface area contributed by atoms with Crippen LogP contribution in [0.1, 0.15) is 36.0 Å². The normalized spacial score (nSPS) is 19.4.